The first kappa shape index (κ1) is 14.6. The van der Waals surface area contributed by atoms with Gasteiger partial charge in [0.2, 0.25) is 0 Å². The molecule has 0 atom stereocenters. The summed E-state index contributed by atoms with van der Waals surface area (Å²) >= 11 is 0. The summed E-state index contributed by atoms with van der Waals surface area (Å²) in [5.74, 6) is -1.12. The molecule has 5 nitrogen and oxygen atoms in total. The van der Waals surface area contributed by atoms with Crippen LogP contribution in [-0.4, -0.2) is 28.6 Å². The van der Waals surface area contributed by atoms with E-state index in [1.165, 1.54) is 36.4 Å². The van der Waals surface area contributed by atoms with Crippen LogP contribution < -0.4 is 4.90 Å². The first-order valence-corrected chi connectivity index (χ1v) is 6.47. The van der Waals surface area contributed by atoms with Gasteiger partial charge in [-0.2, -0.15) is 0 Å². The third kappa shape index (κ3) is 3.20. The molecule has 2 aromatic carbocycles. The summed E-state index contributed by atoms with van der Waals surface area (Å²) < 4.78 is 0. The molecular weight excluding hydrogens is 270 g/mol. The standard InChI is InChI=1S/C16H15NO4/c1-2-17(13-7-9-14(18)10-8-13)15(19)11-3-5-12(6-4-11)16(20)21/h3-10,18H,2H2,1H3,(H,20,21). The highest BCUT2D eigenvalue weighted by molar-refractivity contribution is 6.06. The van der Waals surface area contributed by atoms with Crippen LogP contribution in [0.4, 0.5) is 5.69 Å². The zero-order valence-corrected chi connectivity index (χ0v) is 11.5. The molecule has 0 unspecified atom stereocenters. The second-order valence-electron chi connectivity index (χ2n) is 4.45. The first-order chi connectivity index (χ1) is 10.0. The number of nitrogens with zero attached hydrogens (tertiary/aromatic N) is 1. The Bertz CT molecular complexity index is 647. The molecule has 21 heavy (non-hydrogen) atoms. The van der Waals surface area contributed by atoms with Crippen LogP contribution in [0.3, 0.4) is 0 Å². The van der Waals surface area contributed by atoms with Crippen molar-refractivity contribution in [2.75, 3.05) is 11.4 Å². The predicted molar refractivity (Wildman–Crippen MR) is 78.9 cm³/mol. The molecule has 108 valence electrons. The molecule has 0 saturated carbocycles. The van der Waals surface area contributed by atoms with Gasteiger partial charge in [0.1, 0.15) is 5.75 Å². The summed E-state index contributed by atoms with van der Waals surface area (Å²) in [6, 6.07) is 12.1. The number of carbonyl (C=O) groups is 2. The fourth-order valence-electron chi connectivity index (χ4n) is 1.99. The van der Waals surface area contributed by atoms with Gasteiger partial charge in [0, 0.05) is 17.8 Å². The minimum atomic E-state index is -1.03. The lowest BCUT2D eigenvalue weighted by molar-refractivity contribution is 0.0696. The van der Waals surface area contributed by atoms with E-state index in [1.807, 2.05) is 6.92 Å². The Morgan fingerprint density at radius 3 is 1.95 bits per heavy atom. The van der Waals surface area contributed by atoms with Crippen LogP contribution in [0.25, 0.3) is 0 Å². The van der Waals surface area contributed by atoms with Crippen molar-refractivity contribution in [1.29, 1.82) is 0 Å². The van der Waals surface area contributed by atoms with Crippen molar-refractivity contribution in [1.82, 2.24) is 0 Å². The van der Waals surface area contributed by atoms with Gasteiger partial charge in [-0.3, -0.25) is 4.79 Å². The smallest absolute Gasteiger partial charge is 0.335 e. The van der Waals surface area contributed by atoms with Gasteiger partial charge in [-0.1, -0.05) is 0 Å². The van der Waals surface area contributed by atoms with Gasteiger partial charge in [-0.25, -0.2) is 4.79 Å². The van der Waals surface area contributed by atoms with E-state index in [4.69, 9.17) is 5.11 Å². The van der Waals surface area contributed by atoms with Crippen LogP contribution >= 0.6 is 0 Å². The van der Waals surface area contributed by atoms with Crippen molar-refractivity contribution in [2.45, 2.75) is 6.92 Å². The zero-order valence-electron chi connectivity index (χ0n) is 11.5. The van der Waals surface area contributed by atoms with Crippen molar-refractivity contribution in [3.8, 4) is 5.75 Å². The lowest BCUT2D eigenvalue weighted by Gasteiger charge is -2.21. The SMILES string of the molecule is CCN(C(=O)c1ccc(C(=O)O)cc1)c1ccc(O)cc1. The van der Waals surface area contributed by atoms with Crippen LogP contribution in [0.5, 0.6) is 5.75 Å². The third-order valence-corrected chi connectivity index (χ3v) is 3.10. The highest BCUT2D eigenvalue weighted by Crippen LogP contribution is 2.20. The van der Waals surface area contributed by atoms with E-state index < -0.39 is 5.97 Å². The molecule has 0 aliphatic heterocycles. The summed E-state index contributed by atoms with van der Waals surface area (Å²) in [5, 5.41) is 18.1. The first-order valence-electron chi connectivity index (χ1n) is 6.47. The van der Waals surface area contributed by atoms with E-state index >= 15 is 0 Å². The third-order valence-electron chi connectivity index (χ3n) is 3.10. The number of rotatable bonds is 4. The quantitative estimate of drug-likeness (QED) is 0.905. The van der Waals surface area contributed by atoms with Crippen molar-refractivity contribution in [3.63, 3.8) is 0 Å². The molecule has 0 aliphatic carbocycles. The number of anilines is 1. The Balaban J connectivity index is 2.27. The normalized spacial score (nSPS) is 10.1. The summed E-state index contributed by atoms with van der Waals surface area (Å²) in [5.41, 5.74) is 1.22. The molecule has 0 aliphatic rings. The van der Waals surface area contributed by atoms with Crippen LogP contribution in [0.2, 0.25) is 0 Å². The van der Waals surface area contributed by atoms with Gasteiger partial charge in [0.05, 0.1) is 5.56 Å². The van der Waals surface area contributed by atoms with Crippen LogP contribution in [-0.2, 0) is 0 Å². The summed E-state index contributed by atoms with van der Waals surface area (Å²) in [6.07, 6.45) is 0. The predicted octanol–water partition coefficient (Wildman–Crippen LogP) is 2.76. The lowest BCUT2D eigenvalue weighted by Crippen LogP contribution is -2.30. The van der Waals surface area contributed by atoms with Crippen molar-refractivity contribution in [2.24, 2.45) is 0 Å². The van der Waals surface area contributed by atoms with Crippen LogP contribution in [0.1, 0.15) is 27.6 Å². The molecule has 1 amide bonds. The summed E-state index contributed by atoms with van der Waals surface area (Å²) in [6.45, 7) is 2.31. The van der Waals surface area contributed by atoms with Gasteiger partial charge < -0.3 is 15.1 Å². The number of amides is 1. The molecule has 0 aromatic heterocycles. The maximum absolute atomic E-state index is 12.5. The zero-order chi connectivity index (χ0) is 15.4. The van der Waals surface area contributed by atoms with Crippen molar-refractivity contribution >= 4 is 17.6 Å². The molecular formula is C16H15NO4. The Labute approximate surface area is 122 Å². The molecule has 2 rings (SSSR count). The molecule has 0 radical (unpaired) electrons. The number of carboxylic acids is 1. The van der Waals surface area contributed by atoms with Crippen LogP contribution in [0, 0.1) is 0 Å². The topological polar surface area (TPSA) is 77.8 Å². The molecule has 0 spiro atoms. The van der Waals surface area contributed by atoms with Crippen LogP contribution in [0.15, 0.2) is 48.5 Å². The Hall–Kier alpha value is -2.82. The number of carboxylic acid groups (broad SMARTS) is 1. The molecule has 5 heteroatoms. The molecule has 2 aromatic rings. The van der Waals surface area contributed by atoms with Gasteiger partial charge >= 0.3 is 5.97 Å². The number of phenols is 1. The number of hydrogen-bond acceptors (Lipinski definition) is 3. The average molecular weight is 285 g/mol. The number of aromatic carboxylic acids is 1. The second kappa shape index (κ2) is 6.09. The molecule has 2 N–H and O–H groups in total. The number of carbonyl (C=O) groups excluding carboxylic acids is 1. The molecule has 0 heterocycles. The van der Waals surface area contributed by atoms with E-state index in [0.29, 0.717) is 17.8 Å². The van der Waals surface area contributed by atoms with E-state index in [9.17, 15) is 14.7 Å². The van der Waals surface area contributed by atoms with Crippen molar-refractivity contribution < 1.29 is 19.8 Å². The average Bonchev–Trinajstić information content (AvgIpc) is 2.50. The van der Waals surface area contributed by atoms with Crippen molar-refractivity contribution in [3.05, 3.63) is 59.7 Å². The summed E-state index contributed by atoms with van der Waals surface area (Å²) in [7, 11) is 0. The number of phenolic OH excluding ortho intramolecular Hbond substituents is 1. The van der Waals surface area contributed by atoms with Gasteiger partial charge in [-0.05, 0) is 55.5 Å². The second-order valence-corrected chi connectivity index (χ2v) is 4.45. The molecule has 0 fully saturated rings. The fraction of sp³-hybridized carbons (Fsp3) is 0.125. The van der Waals surface area contributed by atoms with E-state index in [0.717, 1.165) is 0 Å². The lowest BCUT2D eigenvalue weighted by atomic mass is 10.1. The minimum absolute atomic E-state index is 0.132. The van der Waals surface area contributed by atoms with Gasteiger partial charge in [-0.15, -0.1) is 0 Å². The monoisotopic (exact) mass is 285 g/mol. The molecule has 0 bridgehead atoms. The molecule has 0 saturated heterocycles. The Morgan fingerprint density at radius 2 is 1.48 bits per heavy atom. The maximum Gasteiger partial charge on any atom is 0.335 e. The highest BCUT2D eigenvalue weighted by atomic mass is 16.4. The minimum Gasteiger partial charge on any atom is -0.508 e. The summed E-state index contributed by atoms with van der Waals surface area (Å²) in [4.78, 5) is 24.8. The number of benzene rings is 2. The number of aromatic hydroxyl groups is 1. The highest BCUT2D eigenvalue weighted by Gasteiger charge is 2.16. The Kier molecular flexibility index (Phi) is 4.23. The van der Waals surface area contributed by atoms with E-state index in [-0.39, 0.29) is 17.2 Å². The largest absolute Gasteiger partial charge is 0.508 e. The Morgan fingerprint density at radius 1 is 0.952 bits per heavy atom. The van der Waals surface area contributed by atoms with E-state index in [1.54, 1.807) is 17.0 Å². The maximum atomic E-state index is 12.5. The fourth-order valence-corrected chi connectivity index (χ4v) is 1.99. The van der Waals surface area contributed by atoms with E-state index in [2.05, 4.69) is 0 Å². The number of hydrogen-bond donors (Lipinski definition) is 2. The van der Waals surface area contributed by atoms with Gasteiger partial charge in [0.15, 0.2) is 0 Å². The van der Waals surface area contributed by atoms with Gasteiger partial charge in [0.25, 0.3) is 5.91 Å².